The van der Waals surface area contributed by atoms with Gasteiger partial charge in [-0.15, -0.1) is 0 Å². The van der Waals surface area contributed by atoms with Gasteiger partial charge in [-0.25, -0.2) is 0 Å². The van der Waals surface area contributed by atoms with Gasteiger partial charge in [0.15, 0.2) is 11.9 Å². The van der Waals surface area contributed by atoms with Crippen molar-refractivity contribution in [2.24, 2.45) is 0 Å². The van der Waals surface area contributed by atoms with Gasteiger partial charge >= 0.3 is 5.69 Å². The van der Waals surface area contributed by atoms with Gasteiger partial charge in [-0.3, -0.25) is 14.9 Å². The van der Waals surface area contributed by atoms with Crippen LogP contribution in [0.2, 0.25) is 0 Å². The number of nitrogens with zero attached hydrogens (tertiary/aromatic N) is 1. The summed E-state index contributed by atoms with van der Waals surface area (Å²) in [6, 6.07) is 12.9. The first-order valence-corrected chi connectivity index (χ1v) is 7.84. The van der Waals surface area contributed by atoms with Crippen LogP contribution in [0, 0.1) is 10.1 Å². The molecule has 25 heavy (non-hydrogen) atoms. The van der Waals surface area contributed by atoms with E-state index in [1.807, 2.05) is 13.8 Å². The Bertz CT molecular complexity index is 743. The maximum atomic E-state index is 12.2. The van der Waals surface area contributed by atoms with Crippen LogP contribution in [0.3, 0.4) is 0 Å². The number of ether oxygens (including phenoxy) is 2. The van der Waals surface area contributed by atoms with Crippen molar-refractivity contribution < 1.29 is 19.2 Å². The van der Waals surface area contributed by atoms with Crippen LogP contribution in [0.4, 0.5) is 11.4 Å². The lowest BCUT2D eigenvalue weighted by Gasteiger charge is -2.15. The topological polar surface area (TPSA) is 90.7 Å². The number of hydrogen-bond acceptors (Lipinski definition) is 5. The first-order chi connectivity index (χ1) is 11.9. The van der Waals surface area contributed by atoms with E-state index in [0.717, 1.165) is 0 Å². The highest BCUT2D eigenvalue weighted by atomic mass is 16.6. The number of amides is 1. The molecule has 0 fully saturated rings. The number of anilines is 1. The van der Waals surface area contributed by atoms with E-state index in [9.17, 15) is 14.9 Å². The Balaban J connectivity index is 2.00. The average molecular weight is 344 g/mol. The second-order valence-corrected chi connectivity index (χ2v) is 5.67. The zero-order chi connectivity index (χ0) is 18.4. The van der Waals surface area contributed by atoms with E-state index in [1.165, 1.54) is 25.1 Å². The van der Waals surface area contributed by atoms with Gasteiger partial charge in [-0.1, -0.05) is 12.1 Å². The molecule has 0 aromatic heterocycles. The normalized spacial score (nSPS) is 11.7. The summed E-state index contributed by atoms with van der Waals surface area (Å²) in [6.07, 6.45) is -0.830. The van der Waals surface area contributed by atoms with Crippen LogP contribution >= 0.6 is 0 Å². The Kier molecular flexibility index (Phi) is 5.94. The summed E-state index contributed by atoms with van der Waals surface area (Å²) in [5, 5.41) is 13.7. The molecular weight excluding hydrogens is 324 g/mol. The molecule has 1 amide bonds. The maximum absolute atomic E-state index is 12.2. The number of para-hydroxylation sites is 2. The van der Waals surface area contributed by atoms with Gasteiger partial charge in [0.05, 0.1) is 11.0 Å². The fraction of sp³-hybridized carbons (Fsp3) is 0.278. The molecule has 1 N–H and O–H groups in total. The van der Waals surface area contributed by atoms with Crippen LogP contribution in [0.15, 0.2) is 48.5 Å². The van der Waals surface area contributed by atoms with Crippen molar-refractivity contribution >= 4 is 17.3 Å². The Morgan fingerprint density at radius 1 is 1.04 bits per heavy atom. The second kappa shape index (κ2) is 8.14. The number of nitrogens with one attached hydrogen (secondary N) is 1. The third kappa shape index (κ3) is 5.20. The molecule has 0 aliphatic carbocycles. The standard InChI is InChI=1S/C18H20N2O5/c1-12(2)24-15-10-8-14(9-11-15)19-18(21)13(3)25-17-7-5-4-6-16(17)20(22)23/h4-13H,1-3H3,(H,19,21). The predicted molar refractivity (Wildman–Crippen MR) is 94.0 cm³/mol. The van der Waals surface area contributed by atoms with Gasteiger partial charge in [0.1, 0.15) is 5.75 Å². The van der Waals surface area contributed by atoms with Gasteiger partial charge in [0.25, 0.3) is 5.91 Å². The van der Waals surface area contributed by atoms with Crippen molar-refractivity contribution in [3.05, 3.63) is 58.6 Å². The second-order valence-electron chi connectivity index (χ2n) is 5.67. The zero-order valence-electron chi connectivity index (χ0n) is 14.3. The summed E-state index contributed by atoms with van der Waals surface area (Å²) in [4.78, 5) is 22.7. The van der Waals surface area contributed by atoms with E-state index in [1.54, 1.807) is 30.3 Å². The number of nitro groups is 1. The van der Waals surface area contributed by atoms with Crippen molar-refractivity contribution in [2.45, 2.75) is 33.0 Å². The minimum Gasteiger partial charge on any atom is -0.491 e. The summed E-state index contributed by atoms with van der Waals surface area (Å²) in [7, 11) is 0. The number of benzene rings is 2. The highest BCUT2D eigenvalue weighted by Gasteiger charge is 2.20. The highest BCUT2D eigenvalue weighted by Crippen LogP contribution is 2.27. The van der Waals surface area contributed by atoms with Gasteiger partial charge in [-0.05, 0) is 51.1 Å². The first-order valence-electron chi connectivity index (χ1n) is 7.84. The molecule has 1 atom stereocenters. The van der Waals surface area contributed by atoms with E-state index in [-0.39, 0.29) is 17.5 Å². The van der Waals surface area contributed by atoms with Crippen molar-refractivity contribution in [1.29, 1.82) is 0 Å². The van der Waals surface area contributed by atoms with Gasteiger partial charge in [0.2, 0.25) is 0 Å². The Hall–Kier alpha value is -3.09. The Morgan fingerprint density at radius 3 is 2.28 bits per heavy atom. The van der Waals surface area contributed by atoms with Crippen molar-refractivity contribution in [3.8, 4) is 11.5 Å². The van der Waals surface area contributed by atoms with Gasteiger partial charge in [0, 0.05) is 11.8 Å². The average Bonchev–Trinajstić information content (AvgIpc) is 2.56. The van der Waals surface area contributed by atoms with E-state index in [4.69, 9.17) is 9.47 Å². The quantitative estimate of drug-likeness (QED) is 0.609. The number of rotatable bonds is 7. The van der Waals surface area contributed by atoms with Crippen LogP contribution < -0.4 is 14.8 Å². The van der Waals surface area contributed by atoms with Crippen molar-refractivity contribution in [2.75, 3.05) is 5.32 Å². The van der Waals surface area contributed by atoms with Crippen LogP contribution in [0.25, 0.3) is 0 Å². The zero-order valence-corrected chi connectivity index (χ0v) is 14.3. The van der Waals surface area contributed by atoms with Crippen LogP contribution in [-0.4, -0.2) is 23.0 Å². The third-order valence-corrected chi connectivity index (χ3v) is 3.23. The molecule has 7 nitrogen and oxygen atoms in total. The molecule has 132 valence electrons. The lowest BCUT2D eigenvalue weighted by molar-refractivity contribution is -0.386. The van der Waals surface area contributed by atoms with E-state index in [0.29, 0.717) is 11.4 Å². The summed E-state index contributed by atoms with van der Waals surface area (Å²) in [6.45, 7) is 5.39. The SMILES string of the molecule is CC(C)Oc1ccc(NC(=O)C(C)Oc2ccccc2[N+](=O)[O-])cc1. The largest absolute Gasteiger partial charge is 0.491 e. The lowest BCUT2D eigenvalue weighted by Crippen LogP contribution is -2.30. The third-order valence-electron chi connectivity index (χ3n) is 3.23. The Labute approximate surface area is 145 Å². The number of carbonyl (C=O) groups is 1. The Morgan fingerprint density at radius 2 is 1.68 bits per heavy atom. The number of hydrogen-bond donors (Lipinski definition) is 1. The minimum atomic E-state index is -0.896. The molecule has 2 aromatic carbocycles. The molecule has 0 heterocycles. The van der Waals surface area contributed by atoms with Crippen LogP contribution in [0.1, 0.15) is 20.8 Å². The van der Waals surface area contributed by atoms with Crippen LogP contribution in [0.5, 0.6) is 11.5 Å². The molecule has 0 saturated heterocycles. The van der Waals surface area contributed by atoms with E-state index in [2.05, 4.69) is 5.32 Å². The van der Waals surface area contributed by atoms with Crippen LogP contribution in [-0.2, 0) is 4.79 Å². The van der Waals surface area contributed by atoms with Gasteiger partial charge in [-0.2, -0.15) is 0 Å². The fourth-order valence-electron chi connectivity index (χ4n) is 2.08. The maximum Gasteiger partial charge on any atom is 0.310 e. The van der Waals surface area contributed by atoms with Crippen molar-refractivity contribution in [3.63, 3.8) is 0 Å². The highest BCUT2D eigenvalue weighted by molar-refractivity contribution is 5.94. The first kappa shape index (κ1) is 18.3. The molecule has 0 bridgehead atoms. The molecule has 0 saturated carbocycles. The summed E-state index contributed by atoms with van der Waals surface area (Å²) in [5.74, 6) is 0.351. The molecule has 0 spiro atoms. The van der Waals surface area contributed by atoms with E-state index >= 15 is 0 Å². The molecule has 2 aromatic rings. The van der Waals surface area contributed by atoms with E-state index < -0.39 is 16.9 Å². The molecule has 0 radical (unpaired) electrons. The molecular formula is C18H20N2O5. The lowest BCUT2D eigenvalue weighted by atomic mass is 10.2. The van der Waals surface area contributed by atoms with Crippen molar-refractivity contribution in [1.82, 2.24) is 0 Å². The fourth-order valence-corrected chi connectivity index (χ4v) is 2.08. The predicted octanol–water partition coefficient (Wildman–Crippen LogP) is 3.79. The summed E-state index contributed by atoms with van der Waals surface area (Å²) in [5.41, 5.74) is 0.399. The monoisotopic (exact) mass is 344 g/mol. The smallest absolute Gasteiger partial charge is 0.310 e. The minimum absolute atomic E-state index is 0.0517. The molecule has 0 aliphatic rings. The molecule has 1 unspecified atom stereocenters. The van der Waals surface area contributed by atoms with Gasteiger partial charge < -0.3 is 14.8 Å². The molecule has 0 aliphatic heterocycles. The molecule has 2 rings (SSSR count). The molecule has 7 heteroatoms. The number of nitro benzene ring substituents is 1. The summed E-state index contributed by atoms with van der Waals surface area (Å²) >= 11 is 0. The number of carbonyl (C=O) groups excluding carboxylic acids is 1. The summed E-state index contributed by atoms with van der Waals surface area (Å²) < 4.78 is 11.0.